The predicted octanol–water partition coefficient (Wildman–Crippen LogP) is 1.89. The van der Waals surface area contributed by atoms with E-state index >= 15 is 0 Å². The summed E-state index contributed by atoms with van der Waals surface area (Å²) in [6.07, 6.45) is 7.47. The average Bonchev–Trinajstić information content (AvgIpc) is 3.11. The highest BCUT2D eigenvalue weighted by atomic mass is 19.1. The van der Waals surface area contributed by atoms with Crippen molar-refractivity contribution in [1.82, 2.24) is 4.90 Å². The molecule has 4 heteroatoms. The average molecular weight is 246 g/mol. The van der Waals surface area contributed by atoms with Crippen LogP contribution in [-0.2, 0) is 0 Å². The fourth-order valence-corrected chi connectivity index (χ4v) is 1.82. The van der Waals surface area contributed by atoms with Crippen molar-refractivity contribution < 1.29 is 9.18 Å². The molecule has 0 heterocycles. The molecule has 0 aromatic heterocycles. The van der Waals surface area contributed by atoms with Gasteiger partial charge in [0.2, 0.25) is 0 Å². The molecule has 1 amide bonds. The molecular formula is C14H15FN2O. The Morgan fingerprint density at radius 3 is 2.83 bits per heavy atom. The summed E-state index contributed by atoms with van der Waals surface area (Å²) in [5, 5.41) is 0. The van der Waals surface area contributed by atoms with E-state index in [9.17, 15) is 9.18 Å². The van der Waals surface area contributed by atoms with Crippen LogP contribution in [0.5, 0.6) is 0 Å². The monoisotopic (exact) mass is 246 g/mol. The van der Waals surface area contributed by atoms with Crippen LogP contribution < -0.4 is 5.73 Å². The number of anilines is 1. The Labute approximate surface area is 106 Å². The molecule has 0 saturated heterocycles. The van der Waals surface area contributed by atoms with Crippen molar-refractivity contribution in [3.05, 3.63) is 29.6 Å². The van der Waals surface area contributed by atoms with Gasteiger partial charge in [-0.05, 0) is 37.0 Å². The van der Waals surface area contributed by atoms with E-state index in [1.165, 1.54) is 17.0 Å². The Kier molecular flexibility index (Phi) is 3.52. The van der Waals surface area contributed by atoms with E-state index in [2.05, 4.69) is 5.92 Å². The molecule has 94 valence electrons. The lowest BCUT2D eigenvalue weighted by molar-refractivity contribution is 0.0765. The van der Waals surface area contributed by atoms with Crippen molar-refractivity contribution in [3.8, 4) is 12.3 Å². The summed E-state index contributed by atoms with van der Waals surface area (Å²) in [6.45, 7) is 0.812. The zero-order valence-electron chi connectivity index (χ0n) is 10.0. The molecule has 2 N–H and O–H groups in total. The lowest BCUT2D eigenvalue weighted by Gasteiger charge is -2.20. The fraction of sp³-hybridized carbons (Fsp3) is 0.357. The number of nitrogen functional groups attached to an aromatic ring is 1. The van der Waals surface area contributed by atoms with Crippen molar-refractivity contribution in [2.24, 2.45) is 5.92 Å². The zero-order valence-corrected chi connectivity index (χ0v) is 10.0. The molecule has 0 unspecified atom stereocenters. The van der Waals surface area contributed by atoms with Crippen molar-refractivity contribution >= 4 is 11.6 Å². The van der Waals surface area contributed by atoms with Crippen LogP contribution in [0.1, 0.15) is 23.2 Å². The Morgan fingerprint density at radius 1 is 1.56 bits per heavy atom. The normalized spacial score (nSPS) is 14.0. The molecule has 1 saturated carbocycles. The van der Waals surface area contributed by atoms with Gasteiger partial charge in [0.05, 0.1) is 12.1 Å². The Hall–Kier alpha value is -2.02. The number of benzene rings is 1. The van der Waals surface area contributed by atoms with Gasteiger partial charge in [0.1, 0.15) is 5.82 Å². The van der Waals surface area contributed by atoms with E-state index in [-0.39, 0.29) is 18.0 Å². The van der Waals surface area contributed by atoms with Crippen LogP contribution >= 0.6 is 0 Å². The van der Waals surface area contributed by atoms with Crippen LogP contribution in [0.15, 0.2) is 18.2 Å². The largest absolute Gasteiger partial charge is 0.399 e. The van der Waals surface area contributed by atoms with Crippen molar-refractivity contribution in [2.45, 2.75) is 12.8 Å². The van der Waals surface area contributed by atoms with Crippen LogP contribution in [0.25, 0.3) is 0 Å². The van der Waals surface area contributed by atoms with Crippen LogP contribution in [0.4, 0.5) is 10.1 Å². The molecule has 3 nitrogen and oxygen atoms in total. The van der Waals surface area contributed by atoms with Gasteiger partial charge < -0.3 is 10.6 Å². The summed E-state index contributed by atoms with van der Waals surface area (Å²) in [7, 11) is 0. The Morgan fingerprint density at radius 2 is 2.28 bits per heavy atom. The lowest BCUT2D eigenvalue weighted by Crippen LogP contribution is -2.33. The first kappa shape index (κ1) is 12.4. The maximum atomic E-state index is 13.7. The second-order valence-electron chi connectivity index (χ2n) is 4.57. The van der Waals surface area contributed by atoms with Crippen LogP contribution in [0.2, 0.25) is 0 Å². The molecule has 0 spiro atoms. The Bertz CT molecular complexity index is 503. The molecule has 1 aliphatic rings. The third kappa shape index (κ3) is 2.80. The van der Waals surface area contributed by atoms with E-state index in [1.807, 2.05) is 0 Å². The predicted molar refractivity (Wildman–Crippen MR) is 68.3 cm³/mol. The maximum Gasteiger partial charge on any atom is 0.257 e. The van der Waals surface area contributed by atoms with Gasteiger partial charge in [0.15, 0.2) is 0 Å². The van der Waals surface area contributed by atoms with Gasteiger partial charge >= 0.3 is 0 Å². The van der Waals surface area contributed by atoms with Crippen molar-refractivity contribution in [3.63, 3.8) is 0 Å². The third-order valence-corrected chi connectivity index (χ3v) is 2.97. The Balaban J connectivity index is 2.18. The highest BCUT2D eigenvalue weighted by Crippen LogP contribution is 2.30. The second-order valence-corrected chi connectivity index (χ2v) is 4.57. The smallest absolute Gasteiger partial charge is 0.257 e. The molecule has 18 heavy (non-hydrogen) atoms. The number of nitrogens with zero attached hydrogens (tertiary/aromatic N) is 1. The number of hydrogen-bond donors (Lipinski definition) is 1. The molecule has 1 aromatic rings. The third-order valence-electron chi connectivity index (χ3n) is 2.97. The molecule has 2 rings (SSSR count). The van der Waals surface area contributed by atoms with Gasteiger partial charge in [-0.2, -0.15) is 0 Å². The quantitative estimate of drug-likeness (QED) is 0.651. The first-order valence-corrected chi connectivity index (χ1v) is 5.89. The minimum Gasteiger partial charge on any atom is -0.399 e. The maximum absolute atomic E-state index is 13.7. The number of nitrogens with two attached hydrogens (primary N) is 1. The summed E-state index contributed by atoms with van der Waals surface area (Å²) >= 11 is 0. The molecule has 0 radical (unpaired) electrons. The molecule has 0 bridgehead atoms. The summed E-state index contributed by atoms with van der Waals surface area (Å²) in [5.74, 6) is 1.99. The highest BCUT2D eigenvalue weighted by molar-refractivity contribution is 5.95. The van der Waals surface area contributed by atoms with Gasteiger partial charge in [-0.1, -0.05) is 5.92 Å². The van der Waals surface area contributed by atoms with Crippen molar-refractivity contribution in [1.29, 1.82) is 0 Å². The molecule has 1 aliphatic carbocycles. The van der Waals surface area contributed by atoms with Crippen LogP contribution in [0.3, 0.4) is 0 Å². The van der Waals surface area contributed by atoms with Gasteiger partial charge in [0, 0.05) is 12.2 Å². The van der Waals surface area contributed by atoms with E-state index in [0.717, 1.165) is 18.9 Å². The van der Waals surface area contributed by atoms with Gasteiger partial charge in [-0.3, -0.25) is 4.79 Å². The molecule has 0 aliphatic heterocycles. The van der Waals surface area contributed by atoms with Crippen molar-refractivity contribution in [2.75, 3.05) is 18.8 Å². The first-order valence-electron chi connectivity index (χ1n) is 5.89. The number of carbonyl (C=O) groups is 1. The highest BCUT2D eigenvalue weighted by Gasteiger charge is 2.27. The second kappa shape index (κ2) is 5.09. The van der Waals surface area contributed by atoms with E-state index in [1.54, 1.807) is 0 Å². The summed E-state index contributed by atoms with van der Waals surface area (Å²) < 4.78 is 13.7. The number of hydrogen-bond acceptors (Lipinski definition) is 2. The van der Waals surface area contributed by atoms with Gasteiger partial charge in [-0.15, -0.1) is 6.42 Å². The van der Waals surface area contributed by atoms with E-state index in [0.29, 0.717) is 18.2 Å². The number of terminal acetylenes is 1. The lowest BCUT2D eigenvalue weighted by atomic mass is 10.1. The number of amides is 1. The molecular weight excluding hydrogens is 231 g/mol. The fourth-order valence-electron chi connectivity index (χ4n) is 1.82. The minimum absolute atomic E-state index is 0.0279. The molecule has 1 fully saturated rings. The van der Waals surface area contributed by atoms with Crippen LogP contribution in [0, 0.1) is 24.1 Å². The van der Waals surface area contributed by atoms with E-state index in [4.69, 9.17) is 12.2 Å². The number of halogens is 1. The van der Waals surface area contributed by atoms with Crippen LogP contribution in [-0.4, -0.2) is 23.9 Å². The van der Waals surface area contributed by atoms with Gasteiger partial charge in [-0.25, -0.2) is 4.39 Å². The first-order chi connectivity index (χ1) is 8.61. The molecule has 1 aromatic carbocycles. The van der Waals surface area contributed by atoms with E-state index < -0.39 is 5.82 Å². The summed E-state index contributed by atoms with van der Waals surface area (Å²) in [6, 6.07) is 4.07. The topological polar surface area (TPSA) is 46.3 Å². The number of rotatable bonds is 4. The SMILES string of the molecule is C#CCN(CC1CC1)C(=O)c1ccc(N)cc1F. The summed E-state index contributed by atoms with van der Waals surface area (Å²) in [5.41, 5.74) is 5.78. The zero-order chi connectivity index (χ0) is 13.1. The molecule has 0 atom stereocenters. The standard InChI is InChI=1S/C14H15FN2O/c1-2-7-17(9-10-3-4-10)14(18)12-6-5-11(16)8-13(12)15/h1,5-6,8,10H,3-4,7,9,16H2. The number of carbonyl (C=O) groups excluding carboxylic acids is 1. The summed E-state index contributed by atoms with van der Waals surface area (Å²) in [4.78, 5) is 13.7. The minimum atomic E-state index is -0.599. The van der Waals surface area contributed by atoms with Gasteiger partial charge in [0.25, 0.3) is 5.91 Å².